The van der Waals surface area contributed by atoms with Crippen LogP contribution in [0.1, 0.15) is 0 Å². The summed E-state index contributed by atoms with van der Waals surface area (Å²) in [5, 5.41) is 17.0. The predicted octanol–water partition coefficient (Wildman–Crippen LogP) is -0.439. The Kier molecular flexibility index (Phi) is 6.20. The fraction of sp³-hybridized carbons (Fsp3) is 0.800. The van der Waals surface area contributed by atoms with Gasteiger partial charge >= 0.3 is 0 Å². The fourth-order valence-electron chi connectivity index (χ4n) is 0.371. The topological polar surface area (TPSA) is 57.5 Å². The van der Waals surface area contributed by atoms with E-state index >= 15 is 0 Å². The number of thioether (sulfide) groups is 1. The highest BCUT2D eigenvalue weighted by atomic mass is 32.2. The number of hydrogen-bond donors (Lipinski definition) is 3. The first-order valence-corrected chi connectivity index (χ1v) is 4.31. The normalized spacial score (nSPS) is 16.3. The molecule has 0 aromatic heterocycles. The van der Waals surface area contributed by atoms with Gasteiger partial charge in [-0.3, -0.25) is 4.79 Å². The second kappa shape index (κ2) is 6.03. The first-order chi connectivity index (χ1) is 4.72. The van der Waals surface area contributed by atoms with Gasteiger partial charge in [-0.1, -0.05) is 11.8 Å². The second-order valence-electron chi connectivity index (χ2n) is 1.75. The minimum absolute atomic E-state index is 0.312. The van der Waals surface area contributed by atoms with E-state index in [-0.39, 0.29) is 11.9 Å². The molecule has 0 heterocycles. The Morgan fingerprint density at radius 3 is 2.70 bits per heavy atom. The molecule has 0 aliphatic carbocycles. The molecule has 5 heteroatoms. The van der Waals surface area contributed by atoms with Gasteiger partial charge in [-0.25, -0.2) is 0 Å². The summed E-state index contributed by atoms with van der Waals surface area (Å²) in [5.74, 6) is 0.425. The summed E-state index contributed by atoms with van der Waals surface area (Å²) in [5.41, 5.74) is 0.688. The van der Waals surface area contributed by atoms with E-state index in [4.69, 9.17) is 10.2 Å². The van der Waals surface area contributed by atoms with Crippen LogP contribution in [0.2, 0.25) is 0 Å². The molecule has 0 aliphatic heterocycles. The van der Waals surface area contributed by atoms with E-state index in [2.05, 4.69) is 12.6 Å². The van der Waals surface area contributed by atoms with Crippen molar-refractivity contribution in [2.45, 2.75) is 11.4 Å². The van der Waals surface area contributed by atoms with Crippen LogP contribution in [-0.4, -0.2) is 39.5 Å². The van der Waals surface area contributed by atoms with Crippen LogP contribution in [-0.2, 0) is 4.79 Å². The molecule has 0 spiro atoms. The first kappa shape index (κ1) is 10.3. The number of aliphatic hydroxyl groups is 2. The lowest BCUT2D eigenvalue weighted by Gasteiger charge is -2.12. The Hall–Kier alpha value is 0.290. The summed E-state index contributed by atoms with van der Waals surface area (Å²) in [7, 11) is 0. The van der Waals surface area contributed by atoms with E-state index in [1.807, 2.05) is 0 Å². The molecule has 0 aromatic carbocycles. The van der Waals surface area contributed by atoms with Crippen LogP contribution < -0.4 is 0 Å². The summed E-state index contributed by atoms with van der Waals surface area (Å²) in [6.07, 6.45) is -0.837. The van der Waals surface area contributed by atoms with Crippen LogP contribution in [0.25, 0.3) is 0 Å². The zero-order valence-corrected chi connectivity index (χ0v) is 7.02. The zero-order valence-electron chi connectivity index (χ0n) is 5.30. The average molecular weight is 182 g/mol. The summed E-state index contributed by atoms with van der Waals surface area (Å²) in [6, 6.07) is 0. The van der Waals surface area contributed by atoms with Gasteiger partial charge in [0.2, 0.25) is 0 Å². The standard InChI is InChI=1S/C5H10O3S2/c6-1-4(8)5(9)2-10-3-7/h3-6,8-9H,1-2H2/t4-,5-/m1/s1. The number of aliphatic hydroxyl groups excluding tert-OH is 2. The van der Waals surface area contributed by atoms with Crippen molar-refractivity contribution in [3.8, 4) is 0 Å². The highest BCUT2D eigenvalue weighted by molar-refractivity contribution is 8.12. The van der Waals surface area contributed by atoms with Crippen molar-refractivity contribution in [2.24, 2.45) is 0 Å². The third-order valence-corrected chi connectivity index (χ3v) is 2.43. The van der Waals surface area contributed by atoms with E-state index in [1.54, 1.807) is 0 Å². The highest BCUT2D eigenvalue weighted by Gasteiger charge is 2.12. The lowest BCUT2D eigenvalue weighted by molar-refractivity contribution is 0.0978. The van der Waals surface area contributed by atoms with E-state index in [9.17, 15) is 4.79 Å². The Balaban J connectivity index is 3.40. The van der Waals surface area contributed by atoms with Crippen molar-refractivity contribution in [2.75, 3.05) is 12.4 Å². The number of carbonyl (C=O) groups is 1. The van der Waals surface area contributed by atoms with Crippen LogP contribution >= 0.6 is 24.4 Å². The molecule has 0 radical (unpaired) electrons. The maximum atomic E-state index is 9.81. The van der Waals surface area contributed by atoms with Crippen LogP contribution in [0.3, 0.4) is 0 Å². The third kappa shape index (κ3) is 4.16. The fourth-order valence-corrected chi connectivity index (χ4v) is 1.22. The van der Waals surface area contributed by atoms with E-state index in [1.165, 1.54) is 0 Å². The van der Waals surface area contributed by atoms with Crippen molar-refractivity contribution < 1.29 is 15.0 Å². The molecule has 0 fully saturated rings. The molecule has 0 saturated heterocycles. The van der Waals surface area contributed by atoms with Gasteiger partial charge in [0.1, 0.15) is 0 Å². The zero-order chi connectivity index (χ0) is 7.98. The Morgan fingerprint density at radius 1 is 1.70 bits per heavy atom. The van der Waals surface area contributed by atoms with Crippen molar-refractivity contribution in [1.82, 2.24) is 0 Å². The van der Waals surface area contributed by atoms with Crippen LogP contribution in [0.4, 0.5) is 0 Å². The summed E-state index contributed by atoms with van der Waals surface area (Å²) < 4.78 is 0. The molecule has 0 aromatic rings. The molecule has 0 amide bonds. The predicted molar refractivity (Wildman–Crippen MR) is 45.1 cm³/mol. The molecule has 3 nitrogen and oxygen atoms in total. The van der Waals surface area contributed by atoms with E-state index in [0.717, 1.165) is 11.8 Å². The molecule has 0 saturated carbocycles. The smallest absolute Gasteiger partial charge is 0.176 e. The molecule has 2 N–H and O–H groups in total. The Morgan fingerprint density at radius 2 is 2.30 bits per heavy atom. The summed E-state index contributed by atoms with van der Waals surface area (Å²) in [4.78, 5) is 9.81. The van der Waals surface area contributed by atoms with Crippen molar-refractivity contribution >= 4 is 30.0 Å². The van der Waals surface area contributed by atoms with Gasteiger partial charge in [0.25, 0.3) is 0 Å². The van der Waals surface area contributed by atoms with Gasteiger partial charge < -0.3 is 10.2 Å². The Labute approximate surface area is 69.2 Å². The van der Waals surface area contributed by atoms with Crippen molar-refractivity contribution in [1.29, 1.82) is 0 Å². The lowest BCUT2D eigenvalue weighted by atomic mass is 10.3. The average Bonchev–Trinajstić information content (AvgIpc) is 1.98. The van der Waals surface area contributed by atoms with Crippen LogP contribution in [0.15, 0.2) is 0 Å². The molecule has 10 heavy (non-hydrogen) atoms. The number of carbonyl (C=O) groups excluding carboxylic acids is 1. The SMILES string of the molecule is O=CSC[C@@H](S)[C@H](O)CO. The Bertz CT molecular complexity index is 98.9. The van der Waals surface area contributed by atoms with Crippen molar-refractivity contribution in [3.63, 3.8) is 0 Å². The largest absolute Gasteiger partial charge is 0.394 e. The molecule has 0 bridgehead atoms. The van der Waals surface area contributed by atoms with E-state index < -0.39 is 6.10 Å². The number of thiol groups is 1. The summed E-state index contributed by atoms with van der Waals surface area (Å²) >= 11 is 4.98. The summed E-state index contributed by atoms with van der Waals surface area (Å²) in [6.45, 7) is -0.312. The number of rotatable bonds is 5. The highest BCUT2D eigenvalue weighted by Crippen LogP contribution is 2.08. The van der Waals surface area contributed by atoms with Crippen LogP contribution in [0.5, 0.6) is 0 Å². The van der Waals surface area contributed by atoms with Gasteiger partial charge in [0.05, 0.1) is 12.7 Å². The van der Waals surface area contributed by atoms with Gasteiger partial charge in [0, 0.05) is 11.0 Å². The van der Waals surface area contributed by atoms with Crippen molar-refractivity contribution in [3.05, 3.63) is 0 Å². The van der Waals surface area contributed by atoms with Gasteiger partial charge in [-0.05, 0) is 0 Å². The monoisotopic (exact) mass is 182 g/mol. The quantitative estimate of drug-likeness (QED) is 0.398. The first-order valence-electron chi connectivity index (χ1n) is 2.74. The molecular formula is C5H10O3S2. The molecular weight excluding hydrogens is 172 g/mol. The molecule has 60 valence electrons. The molecule has 0 unspecified atom stereocenters. The van der Waals surface area contributed by atoms with Crippen LogP contribution in [0, 0.1) is 0 Å². The number of hydrogen-bond acceptors (Lipinski definition) is 5. The van der Waals surface area contributed by atoms with Gasteiger partial charge in [-0.2, -0.15) is 12.6 Å². The van der Waals surface area contributed by atoms with Gasteiger partial charge in [-0.15, -0.1) is 0 Å². The molecule has 0 aliphatic rings. The minimum atomic E-state index is -0.837. The molecule has 2 atom stereocenters. The molecule has 0 rings (SSSR count). The lowest BCUT2D eigenvalue weighted by Crippen LogP contribution is -2.26. The maximum Gasteiger partial charge on any atom is 0.176 e. The van der Waals surface area contributed by atoms with E-state index in [0.29, 0.717) is 11.4 Å². The second-order valence-corrected chi connectivity index (χ2v) is 3.27. The van der Waals surface area contributed by atoms with Gasteiger partial charge in [0.15, 0.2) is 5.62 Å². The third-order valence-electron chi connectivity index (χ3n) is 0.966. The maximum absolute atomic E-state index is 9.81. The minimum Gasteiger partial charge on any atom is -0.394 e.